The maximum Gasteiger partial charge on any atom is 0.289 e. The van der Waals surface area contributed by atoms with Crippen LogP contribution >= 0.6 is 0 Å². The third kappa shape index (κ3) is 5.12. The first-order valence-corrected chi connectivity index (χ1v) is 14.0. The van der Waals surface area contributed by atoms with Crippen molar-refractivity contribution >= 4 is 29.0 Å². The Hall–Kier alpha value is -4.40. The van der Waals surface area contributed by atoms with E-state index in [9.17, 15) is 14.4 Å². The summed E-state index contributed by atoms with van der Waals surface area (Å²) in [6, 6.07) is 16.6. The van der Waals surface area contributed by atoms with Crippen molar-refractivity contribution in [2.75, 3.05) is 42.9 Å². The van der Waals surface area contributed by atoms with Crippen LogP contribution < -0.4 is 10.2 Å². The van der Waals surface area contributed by atoms with E-state index < -0.39 is 11.9 Å². The zero-order valence-corrected chi connectivity index (χ0v) is 23.2. The van der Waals surface area contributed by atoms with Crippen molar-refractivity contribution in [2.24, 2.45) is 5.41 Å². The van der Waals surface area contributed by atoms with Gasteiger partial charge in [-0.05, 0) is 42.2 Å². The molecule has 6 rings (SSSR count). The van der Waals surface area contributed by atoms with Gasteiger partial charge in [0.1, 0.15) is 5.82 Å². The number of hydrogen-bond donors (Lipinski definition) is 1. The van der Waals surface area contributed by atoms with Crippen LogP contribution in [0.15, 0.2) is 82.6 Å². The molecule has 2 aliphatic heterocycles. The van der Waals surface area contributed by atoms with E-state index in [0.717, 1.165) is 17.1 Å². The van der Waals surface area contributed by atoms with Gasteiger partial charge in [-0.1, -0.05) is 44.2 Å². The summed E-state index contributed by atoms with van der Waals surface area (Å²) in [6.07, 6.45) is 2.43. The maximum absolute atomic E-state index is 15.5. The first-order valence-electron chi connectivity index (χ1n) is 14.0. The number of Topliss-reactive ketones (excluding diaryl/α,β-unsaturated/α-hetero) is 1. The van der Waals surface area contributed by atoms with E-state index in [0.29, 0.717) is 50.2 Å². The van der Waals surface area contributed by atoms with Gasteiger partial charge in [-0.2, -0.15) is 0 Å². The van der Waals surface area contributed by atoms with Gasteiger partial charge in [-0.15, -0.1) is 0 Å². The predicted octanol–water partition coefficient (Wildman–Crippen LogP) is 5.02. The number of carbonyl (C=O) groups excluding carboxylic acids is 3. The molecule has 0 saturated carbocycles. The highest BCUT2D eigenvalue weighted by Gasteiger charge is 2.43. The molecular formula is C32H33FN4O4. The number of para-hydroxylation sites is 2. The third-order valence-corrected chi connectivity index (χ3v) is 8.16. The molecule has 2 amide bonds. The van der Waals surface area contributed by atoms with Gasteiger partial charge in [0.05, 0.1) is 30.2 Å². The molecule has 3 aromatic rings. The smallest absolute Gasteiger partial charge is 0.289 e. The molecule has 3 heterocycles. The molecule has 1 saturated heterocycles. The van der Waals surface area contributed by atoms with E-state index in [2.05, 4.69) is 19.2 Å². The standard InChI is InChI=1S/C32H33FN4O4/c1-32(2)18-24-29(26(38)19-32)30(21-8-3-4-9-22(21)33)37(25-11-6-5-10-23(25)34-24)20-28(39)35-13-15-36(16-14-35)31(40)27-12-7-17-41-27/h3-12,17,30,34H,13-16,18-20H2,1-2H3. The van der Waals surface area contributed by atoms with Crippen LogP contribution in [0.25, 0.3) is 0 Å². The van der Waals surface area contributed by atoms with Crippen LogP contribution in [0.2, 0.25) is 0 Å². The minimum absolute atomic E-state index is 0.0488. The zero-order valence-electron chi connectivity index (χ0n) is 23.2. The van der Waals surface area contributed by atoms with Crippen molar-refractivity contribution in [3.8, 4) is 0 Å². The lowest BCUT2D eigenvalue weighted by atomic mass is 9.73. The molecule has 1 aromatic heterocycles. The molecular weight excluding hydrogens is 523 g/mol. The summed E-state index contributed by atoms with van der Waals surface area (Å²) in [5.41, 5.74) is 2.87. The van der Waals surface area contributed by atoms with Crippen LogP contribution in [0, 0.1) is 11.2 Å². The molecule has 0 bridgehead atoms. The Labute approximate surface area is 238 Å². The van der Waals surface area contributed by atoms with Crippen LogP contribution in [0.1, 0.15) is 48.8 Å². The van der Waals surface area contributed by atoms with E-state index >= 15 is 4.39 Å². The van der Waals surface area contributed by atoms with Crippen LogP contribution in [-0.2, 0) is 9.59 Å². The lowest BCUT2D eigenvalue weighted by molar-refractivity contribution is -0.131. The Morgan fingerprint density at radius 1 is 0.951 bits per heavy atom. The van der Waals surface area contributed by atoms with E-state index in [1.54, 1.807) is 40.1 Å². The number of hydrogen-bond acceptors (Lipinski definition) is 6. The van der Waals surface area contributed by atoms with Crippen molar-refractivity contribution in [1.29, 1.82) is 0 Å². The molecule has 8 nitrogen and oxygen atoms in total. The molecule has 0 spiro atoms. The molecule has 3 aliphatic rings. The van der Waals surface area contributed by atoms with Crippen LogP contribution in [0.3, 0.4) is 0 Å². The van der Waals surface area contributed by atoms with Gasteiger partial charge >= 0.3 is 0 Å². The average Bonchev–Trinajstić information content (AvgIpc) is 3.45. The second kappa shape index (κ2) is 10.5. The first-order chi connectivity index (χ1) is 19.7. The number of piperazine rings is 1. The lowest BCUT2D eigenvalue weighted by Gasteiger charge is -2.39. The molecule has 2 aromatic carbocycles. The van der Waals surface area contributed by atoms with E-state index in [-0.39, 0.29) is 35.3 Å². The summed E-state index contributed by atoms with van der Waals surface area (Å²) in [6.45, 7) is 5.55. The normalized spacial score (nSPS) is 20.2. The van der Waals surface area contributed by atoms with Gasteiger partial charge in [0.15, 0.2) is 11.5 Å². The zero-order chi connectivity index (χ0) is 28.7. The number of furan rings is 1. The van der Waals surface area contributed by atoms with E-state index in [1.165, 1.54) is 12.3 Å². The van der Waals surface area contributed by atoms with Crippen molar-refractivity contribution in [3.05, 3.63) is 95.3 Å². The Kier molecular flexibility index (Phi) is 6.89. The lowest BCUT2D eigenvalue weighted by Crippen LogP contribution is -2.53. The second-order valence-corrected chi connectivity index (χ2v) is 11.7. The number of nitrogens with one attached hydrogen (secondary N) is 1. The SMILES string of the molecule is CC1(C)CC(=O)C2=C(C1)Nc1ccccc1N(CC(=O)N1CCN(C(=O)c3ccco3)CC1)C2c1ccccc1F. The molecule has 9 heteroatoms. The summed E-state index contributed by atoms with van der Waals surface area (Å²) in [4.78, 5) is 45.6. The second-order valence-electron chi connectivity index (χ2n) is 11.7. The van der Waals surface area contributed by atoms with Gasteiger partial charge in [0.2, 0.25) is 5.91 Å². The quantitative estimate of drug-likeness (QED) is 0.486. The number of fused-ring (bicyclic) bond motifs is 1. The number of anilines is 2. The summed E-state index contributed by atoms with van der Waals surface area (Å²) in [7, 11) is 0. The molecule has 1 N–H and O–H groups in total. The monoisotopic (exact) mass is 556 g/mol. The van der Waals surface area contributed by atoms with Crippen LogP contribution in [0.4, 0.5) is 15.8 Å². The number of allylic oxidation sites excluding steroid dienone is 1. The van der Waals surface area contributed by atoms with Crippen molar-refractivity contribution in [3.63, 3.8) is 0 Å². The molecule has 212 valence electrons. The first kappa shape index (κ1) is 26.8. The van der Waals surface area contributed by atoms with E-state index in [1.807, 2.05) is 29.2 Å². The molecule has 1 fully saturated rings. The van der Waals surface area contributed by atoms with Gasteiger partial charge in [0, 0.05) is 49.4 Å². The molecule has 41 heavy (non-hydrogen) atoms. The fourth-order valence-corrected chi connectivity index (χ4v) is 6.21. The van der Waals surface area contributed by atoms with Crippen LogP contribution in [0.5, 0.6) is 0 Å². The Bertz CT molecular complexity index is 1520. The number of nitrogens with zero attached hydrogens (tertiary/aromatic N) is 3. The van der Waals surface area contributed by atoms with Gasteiger partial charge < -0.3 is 24.4 Å². The minimum atomic E-state index is -0.781. The fourth-order valence-electron chi connectivity index (χ4n) is 6.21. The molecule has 1 aliphatic carbocycles. The molecule has 0 radical (unpaired) electrons. The molecule has 1 unspecified atom stereocenters. The highest BCUT2D eigenvalue weighted by molar-refractivity contribution is 6.02. The third-order valence-electron chi connectivity index (χ3n) is 8.16. The number of carbonyl (C=O) groups is 3. The fraction of sp³-hybridized carbons (Fsp3) is 0.344. The van der Waals surface area contributed by atoms with Gasteiger partial charge in [-0.25, -0.2) is 4.39 Å². The Morgan fingerprint density at radius 2 is 1.66 bits per heavy atom. The topological polar surface area (TPSA) is 86.1 Å². The van der Waals surface area contributed by atoms with Crippen molar-refractivity contribution in [1.82, 2.24) is 9.80 Å². The number of halogens is 1. The Balaban J connectivity index is 1.34. The number of amides is 2. The number of ketones is 1. The largest absolute Gasteiger partial charge is 0.459 e. The summed E-state index contributed by atoms with van der Waals surface area (Å²) >= 11 is 0. The minimum Gasteiger partial charge on any atom is -0.459 e. The van der Waals surface area contributed by atoms with Crippen molar-refractivity contribution in [2.45, 2.75) is 32.7 Å². The van der Waals surface area contributed by atoms with Crippen LogP contribution in [-0.4, -0.2) is 60.1 Å². The summed E-state index contributed by atoms with van der Waals surface area (Å²) in [5.74, 6) is -0.557. The molecule has 1 atom stereocenters. The predicted molar refractivity (Wildman–Crippen MR) is 153 cm³/mol. The van der Waals surface area contributed by atoms with Crippen molar-refractivity contribution < 1.29 is 23.2 Å². The van der Waals surface area contributed by atoms with Gasteiger partial charge in [0.25, 0.3) is 5.91 Å². The Morgan fingerprint density at radius 3 is 2.39 bits per heavy atom. The average molecular weight is 557 g/mol. The van der Waals surface area contributed by atoms with E-state index in [4.69, 9.17) is 4.42 Å². The summed E-state index contributed by atoms with van der Waals surface area (Å²) in [5, 5.41) is 3.50. The highest BCUT2D eigenvalue weighted by Crippen LogP contribution is 2.48. The highest BCUT2D eigenvalue weighted by atomic mass is 19.1. The maximum atomic E-state index is 15.5. The number of benzene rings is 2. The van der Waals surface area contributed by atoms with Gasteiger partial charge in [-0.3, -0.25) is 14.4 Å². The summed E-state index contributed by atoms with van der Waals surface area (Å²) < 4.78 is 20.7. The number of rotatable bonds is 4.